The maximum atomic E-state index is 13.4. The number of carbonyl (C=O) groups excluding carboxylic acids is 1. The van der Waals surface area contributed by atoms with Gasteiger partial charge in [0.1, 0.15) is 34.7 Å². The number of methoxy groups -OCH3 is 1. The fraction of sp³-hybridized carbons (Fsp3) is 0.130. The molecule has 0 saturated heterocycles. The van der Waals surface area contributed by atoms with Crippen molar-refractivity contribution in [2.24, 2.45) is 0 Å². The summed E-state index contributed by atoms with van der Waals surface area (Å²) in [5, 5.41) is 7.12. The van der Waals surface area contributed by atoms with Crippen LogP contribution in [0, 0.1) is 5.82 Å². The molecule has 0 unspecified atom stereocenters. The second-order valence-corrected chi connectivity index (χ2v) is 7.25. The Hall–Kier alpha value is -3.78. The number of hydrogen-bond acceptors (Lipinski definition) is 5. The van der Waals surface area contributed by atoms with E-state index in [1.807, 2.05) is 12.1 Å². The number of aromatic nitrogens is 2. The zero-order chi connectivity index (χ0) is 22.5. The maximum Gasteiger partial charge on any atom is 0.292 e. The van der Waals surface area contributed by atoms with Crippen molar-refractivity contribution in [2.45, 2.75) is 13.2 Å². The molecule has 1 N–H and O–H groups in total. The third-order valence-corrected chi connectivity index (χ3v) is 4.77. The monoisotopic (exact) mass is 455 g/mol. The Morgan fingerprint density at radius 1 is 1.16 bits per heavy atom. The first kappa shape index (κ1) is 21.5. The lowest BCUT2D eigenvalue weighted by Gasteiger charge is -2.06. The summed E-state index contributed by atoms with van der Waals surface area (Å²) >= 11 is 6.19. The summed E-state index contributed by atoms with van der Waals surface area (Å²) in [4.78, 5) is 12.5. The lowest BCUT2D eigenvalue weighted by atomic mass is 10.2. The van der Waals surface area contributed by atoms with Crippen LogP contribution in [0.3, 0.4) is 0 Å². The third kappa shape index (κ3) is 5.28. The number of nitrogens with zero attached hydrogens (tertiary/aromatic N) is 2. The van der Waals surface area contributed by atoms with E-state index in [0.29, 0.717) is 29.4 Å². The van der Waals surface area contributed by atoms with Crippen LogP contribution in [0.15, 0.2) is 71.3 Å². The summed E-state index contributed by atoms with van der Waals surface area (Å²) in [6.07, 6.45) is 1.55. The number of furan rings is 1. The number of benzene rings is 2. The molecule has 0 bridgehead atoms. The van der Waals surface area contributed by atoms with Gasteiger partial charge in [-0.3, -0.25) is 9.48 Å². The molecule has 0 atom stereocenters. The lowest BCUT2D eigenvalue weighted by Crippen LogP contribution is -2.12. The van der Waals surface area contributed by atoms with Crippen LogP contribution < -0.4 is 14.8 Å². The molecule has 0 aliphatic rings. The second kappa shape index (κ2) is 9.57. The van der Waals surface area contributed by atoms with Crippen LogP contribution in [-0.4, -0.2) is 22.8 Å². The molecule has 4 rings (SSSR count). The van der Waals surface area contributed by atoms with Gasteiger partial charge in [-0.1, -0.05) is 29.8 Å². The molecular weight excluding hydrogens is 437 g/mol. The van der Waals surface area contributed by atoms with Gasteiger partial charge in [0.15, 0.2) is 11.6 Å². The highest BCUT2D eigenvalue weighted by Crippen LogP contribution is 2.23. The number of hydrogen-bond donors (Lipinski definition) is 1. The average Bonchev–Trinajstić information content (AvgIpc) is 3.39. The molecule has 0 radical (unpaired) electrons. The van der Waals surface area contributed by atoms with Gasteiger partial charge in [0.05, 0.1) is 13.7 Å². The van der Waals surface area contributed by atoms with Crippen LogP contribution in [0.1, 0.15) is 21.9 Å². The molecular formula is C23H19ClFN3O4. The van der Waals surface area contributed by atoms with Crippen molar-refractivity contribution < 1.29 is 23.1 Å². The summed E-state index contributed by atoms with van der Waals surface area (Å²) in [5.74, 6) is 1.19. The van der Waals surface area contributed by atoms with Crippen LogP contribution in [-0.2, 0) is 13.2 Å². The molecule has 0 aliphatic heterocycles. The van der Waals surface area contributed by atoms with E-state index in [4.69, 9.17) is 25.5 Å². The molecule has 0 aliphatic carbocycles. The molecule has 9 heteroatoms. The third-order valence-electron chi connectivity index (χ3n) is 4.49. The lowest BCUT2D eigenvalue weighted by molar-refractivity contribution is 0.0992. The topological polar surface area (TPSA) is 78.5 Å². The van der Waals surface area contributed by atoms with Gasteiger partial charge in [-0.2, -0.15) is 5.10 Å². The van der Waals surface area contributed by atoms with Gasteiger partial charge < -0.3 is 19.2 Å². The van der Waals surface area contributed by atoms with Crippen molar-refractivity contribution in [3.8, 4) is 11.5 Å². The van der Waals surface area contributed by atoms with E-state index < -0.39 is 5.91 Å². The number of amides is 1. The van der Waals surface area contributed by atoms with E-state index in [2.05, 4.69) is 10.4 Å². The van der Waals surface area contributed by atoms with Crippen LogP contribution in [0.4, 0.5) is 10.2 Å². The van der Waals surface area contributed by atoms with E-state index in [0.717, 1.165) is 0 Å². The zero-order valence-corrected chi connectivity index (χ0v) is 17.8. The Balaban J connectivity index is 1.37. The minimum absolute atomic E-state index is 0.0880. The summed E-state index contributed by atoms with van der Waals surface area (Å²) in [7, 11) is 1.58. The number of rotatable bonds is 8. The number of carbonyl (C=O) groups is 1. The number of halogens is 2. The van der Waals surface area contributed by atoms with E-state index in [1.54, 1.807) is 43.6 Å². The van der Waals surface area contributed by atoms with Crippen molar-refractivity contribution in [2.75, 3.05) is 12.4 Å². The van der Waals surface area contributed by atoms with E-state index >= 15 is 0 Å². The molecule has 32 heavy (non-hydrogen) atoms. The summed E-state index contributed by atoms with van der Waals surface area (Å²) in [6, 6.07) is 16.5. The van der Waals surface area contributed by atoms with Gasteiger partial charge in [-0.15, -0.1) is 0 Å². The molecule has 1 amide bonds. The molecule has 0 spiro atoms. The molecule has 0 saturated carbocycles. The molecule has 2 heterocycles. The molecule has 164 valence electrons. The highest BCUT2D eigenvalue weighted by molar-refractivity contribution is 6.33. The van der Waals surface area contributed by atoms with E-state index in [9.17, 15) is 9.18 Å². The van der Waals surface area contributed by atoms with Gasteiger partial charge in [0.25, 0.3) is 5.91 Å². The predicted octanol–water partition coefficient (Wildman–Crippen LogP) is 5.16. The second-order valence-electron chi connectivity index (χ2n) is 6.84. The molecule has 2 aromatic heterocycles. The maximum absolute atomic E-state index is 13.4. The number of anilines is 1. The average molecular weight is 456 g/mol. The smallest absolute Gasteiger partial charge is 0.292 e. The Kier molecular flexibility index (Phi) is 6.42. The first-order valence-electron chi connectivity index (χ1n) is 9.64. The van der Waals surface area contributed by atoms with Gasteiger partial charge in [-0.25, -0.2) is 4.39 Å². The predicted molar refractivity (Wildman–Crippen MR) is 117 cm³/mol. The van der Waals surface area contributed by atoms with Crippen molar-refractivity contribution in [3.05, 3.63) is 94.8 Å². The zero-order valence-electron chi connectivity index (χ0n) is 17.0. The fourth-order valence-electron chi connectivity index (χ4n) is 2.98. The summed E-state index contributed by atoms with van der Waals surface area (Å²) in [6.45, 7) is 0.448. The van der Waals surface area contributed by atoms with Crippen molar-refractivity contribution in [1.29, 1.82) is 0 Å². The van der Waals surface area contributed by atoms with Crippen LogP contribution in [0.2, 0.25) is 5.02 Å². The van der Waals surface area contributed by atoms with Crippen molar-refractivity contribution in [3.63, 3.8) is 0 Å². The SMILES string of the molecule is COc1cccc(OCc2ccc(C(=O)Nc3nn(Cc4cccc(F)c4)cc3Cl)o2)c1. The minimum atomic E-state index is -0.504. The Morgan fingerprint density at radius 2 is 1.97 bits per heavy atom. The van der Waals surface area contributed by atoms with Gasteiger partial charge >= 0.3 is 0 Å². The quantitative estimate of drug-likeness (QED) is 0.397. The van der Waals surface area contributed by atoms with Crippen LogP contribution in [0.5, 0.6) is 11.5 Å². The fourth-order valence-corrected chi connectivity index (χ4v) is 3.17. The number of ether oxygens (including phenoxy) is 2. The first-order chi connectivity index (χ1) is 15.5. The van der Waals surface area contributed by atoms with Gasteiger partial charge in [-0.05, 0) is 42.0 Å². The molecule has 0 fully saturated rings. The summed E-state index contributed by atoms with van der Waals surface area (Å²) < 4.78 is 31.3. The van der Waals surface area contributed by atoms with Crippen molar-refractivity contribution >= 4 is 23.3 Å². The summed E-state index contributed by atoms with van der Waals surface area (Å²) in [5.41, 5.74) is 0.716. The van der Waals surface area contributed by atoms with Gasteiger partial charge in [0, 0.05) is 12.3 Å². The molecule has 4 aromatic rings. The normalized spacial score (nSPS) is 10.7. The Labute approximate surface area is 188 Å². The minimum Gasteiger partial charge on any atom is -0.497 e. The van der Waals surface area contributed by atoms with Gasteiger partial charge in [0.2, 0.25) is 0 Å². The number of nitrogens with one attached hydrogen (secondary N) is 1. The van der Waals surface area contributed by atoms with Crippen LogP contribution >= 0.6 is 11.6 Å². The van der Waals surface area contributed by atoms with E-state index in [1.165, 1.54) is 22.9 Å². The Morgan fingerprint density at radius 3 is 2.78 bits per heavy atom. The van der Waals surface area contributed by atoms with Crippen molar-refractivity contribution in [1.82, 2.24) is 9.78 Å². The largest absolute Gasteiger partial charge is 0.497 e. The highest BCUT2D eigenvalue weighted by atomic mass is 35.5. The highest BCUT2D eigenvalue weighted by Gasteiger charge is 2.16. The molecule has 7 nitrogen and oxygen atoms in total. The Bertz CT molecular complexity index is 1240. The first-order valence-corrected chi connectivity index (χ1v) is 10.0. The molecule has 2 aromatic carbocycles. The van der Waals surface area contributed by atoms with Crippen LogP contribution in [0.25, 0.3) is 0 Å². The standard InChI is InChI=1S/C23H19ClFN3O4/c1-30-17-6-3-7-18(11-17)31-14-19-8-9-21(32-19)23(29)26-22-20(24)13-28(27-22)12-15-4-2-5-16(25)10-15/h2-11,13H,12,14H2,1H3,(H,26,27,29). The van der Waals surface area contributed by atoms with E-state index in [-0.39, 0.29) is 29.0 Å².